The van der Waals surface area contributed by atoms with Crippen LogP contribution in [0.5, 0.6) is 0 Å². The normalized spacial score (nSPS) is 19.8. The number of nitrogens with one attached hydrogen (secondary N) is 1. The standard InChI is InChI=1S/C22H30N6O4S.Na/c1-26-9-10-32-20(14-26)28(17-12-23-27(2)13-17)33(30,31)25-22(29)24-21-18-7-3-5-15(18)11-16-6-4-8-19(16)21;/h11-13,20H,3-10,14H2,1-2H3,(H2,24,25,29);/q;+1/p-1. The van der Waals surface area contributed by atoms with Gasteiger partial charge in [0.25, 0.3) is 10.2 Å². The Labute approximate surface area is 222 Å². The first kappa shape index (κ1) is 25.5. The number of carbonyl (C=O) groups is 1. The van der Waals surface area contributed by atoms with Gasteiger partial charge in [-0.2, -0.15) is 5.10 Å². The second-order valence-electron chi connectivity index (χ2n) is 8.99. The smallest absolute Gasteiger partial charge is 0.423 e. The van der Waals surface area contributed by atoms with Gasteiger partial charge in [0, 0.05) is 26.3 Å². The van der Waals surface area contributed by atoms with E-state index < -0.39 is 22.5 Å². The average molecular weight is 497 g/mol. The van der Waals surface area contributed by atoms with Crippen LogP contribution < -0.4 is 39.2 Å². The summed E-state index contributed by atoms with van der Waals surface area (Å²) in [6.45, 7) is 1.42. The monoisotopic (exact) mass is 496 g/mol. The first-order valence-corrected chi connectivity index (χ1v) is 12.7. The summed E-state index contributed by atoms with van der Waals surface area (Å²) in [5.74, 6) is 0. The zero-order valence-corrected chi connectivity index (χ0v) is 22.8. The van der Waals surface area contributed by atoms with Crippen LogP contribution in [0, 0.1) is 0 Å². The first-order chi connectivity index (χ1) is 15.8. The maximum atomic E-state index is 13.4. The van der Waals surface area contributed by atoms with Crippen molar-refractivity contribution in [3.63, 3.8) is 0 Å². The first-order valence-electron chi connectivity index (χ1n) is 11.4. The molecule has 1 N–H and O–H groups in total. The topological polar surface area (TPSA) is 111 Å². The van der Waals surface area contributed by atoms with Gasteiger partial charge in [-0.05, 0) is 73.5 Å². The van der Waals surface area contributed by atoms with Crippen molar-refractivity contribution < 1.29 is 47.5 Å². The summed E-state index contributed by atoms with van der Waals surface area (Å²) in [7, 11) is -0.802. The molecule has 1 aromatic carbocycles. The van der Waals surface area contributed by atoms with Gasteiger partial charge in [0.15, 0.2) is 12.3 Å². The minimum absolute atomic E-state index is 0. The molecule has 10 nitrogen and oxygen atoms in total. The Balaban J connectivity index is 0.00000274. The number of likely N-dealkylation sites (N-methyl/N-ethyl adjacent to an activating group) is 1. The molecular formula is C22H29N6NaO4S. The summed E-state index contributed by atoms with van der Waals surface area (Å²) in [6.07, 6.45) is 8.02. The second-order valence-corrected chi connectivity index (χ2v) is 10.5. The molecule has 0 spiro atoms. The van der Waals surface area contributed by atoms with E-state index in [2.05, 4.69) is 21.2 Å². The summed E-state index contributed by atoms with van der Waals surface area (Å²) >= 11 is 0. The molecule has 1 aromatic heterocycles. The van der Waals surface area contributed by atoms with Crippen molar-refractivity contribution in [1.82, 2.24) is 14.7 Å². The number of hydrogen-bond acceptors (Lipinski definition) is 6. The predicted octanol–water partition coefficient (Wildman–Crippen LogP) is -0.653. The number of hydrogen-bond donors (Lipinski definition) is 1. The van der Waals surface area contributed by atoms with Crippen LogP contribution in [0.1, 0.15) is 35.1 Å². The molecule has 0 radical (unpaired) electrons. The number of aromatic nitrogens is 2. The Kier molecular flexibility index (Phi) is 7.61. The van der Waals surface area contributed by atoms with E-state index in [0.29, 0.717) is 25.4 Å². The fraction of sp³-hybridized carbons (Fsp3) is 0.545. The van der Waals surface area contributed by atoms with Crippen molar-refractivity contribution in [2.45, 2.75) is 44.8 Å². The number of ether oxygens (including phenoxy) is 1. The van der Waals surface area contributed by atoms with Gasteiger partial charge in [0.1, 0.15) is 0 Å². The quantitative estimate of drug-likeness (QED) is 0.551. The van der Waals surface area contributed by atoms with Crippen LogP contribution in [0.3, 0.4) is 0 Å². The van der Waals surface area contributed by atoms with Gasteiger partial charge in [0.05, 0.1) is 18.5 Å². The number of amides is 2. The van der Waals surface area contributed by atoms with E-state index >= 15 is 0 Å². The number of urea groups is 1. The molecule has 2 heterocycles. The van der Waals surface area contributed by atoms with Crippen LogP contribution in [0.4, 0.5) is 16.2 Å². The van der Waals surface area contributed by atoms with Crippen molar-refractivity contribution in [2.24, 2.45) is 7.05 Å². The van der Waals surface area contributed by atoms with Crippen molar-refractivity contribution in [2.75, 3.05) is 36.4 Å². The second kappa shape index (κ2) is 10.2. The number of fused-ring (bicyclic) bond motifs is 2. The van der Waals surface area contributed by atoms with E-state index in [1.807, 2.05) is 11.9 Å². The van der Waals surface area contributed by atoms with Gasteiger partial charge >= 0.3 is 29.6 Å². The van der Waals surface area contributed by atoms with Crippen molar-refractivity contribution >= 4 is 27.6 Å². The molecule has 34 heavy (non-hydrogen) atoms. The van der Waals surface area contributed by atoms with Crippen LogP contribution in [-0.4, -0.2) is 62.1 Å². The molecule has 0 saturated carbocycles. The Bertz CT molecular complexity index is 1150. The van der Waals surface area contributed by atoms with Gasteiger partial charge in [0.2, 0.25) is 0 Å². The molecule has 2 amide bonds. The number of aryl methyl sites for hydroxylation is 3. The molecule has 2 aliphatic carbocycles. The summed E-state index contributed by atoms with van der Waals surface area (Å²) in [5.41, 5.74) is 5.82. The van der Waals surface area contributed by atoms with E-state index in [1.165, 1.54) is 22.0 Å². The molecular weight excluding hydrogens is 467 g/mol. The molecule has 1 atom stereocenters. The zero-order valence-electron chi connectivity index (χ0n) is 20.0. The third-order valence-electron chi connectivity index (χ3n) is 6.61. The molecule has 3 aliphatic rings. The Morgan fingerprint density at radius 1 is 1.18 bits per heavy atom. The van der Waals surface area contributed by atoms with Crippen molar-refractivity contribution in [3.05, 3.63) is 45.4 Å². The molecule has 178 valence electrons. The van der Waals surface area contributed by atoms with Crippen LogP contribution in [0.2, 0.25) is 0 Å². The molecule has 2 aromatic rings. The molecule has 1 fully saturated rings. The number of anilines is 2. The molecule has 1 aliphatic heterocycles. The maximum Gasteiger partial charge on any atom is 1.00 e. The van der Waals surface area contributed by atoms with Gasteiger partial charge in [-0.15, -0.1) is 0 Å². The van der Waals surface area contributed by atoms with E-state index in [1.54, 1.807) is 13.2 Å². The summed E-state index contributed by atoms with van der Waals surface area (Å²) in [5, 5.41) is 6.93. The largest absolute Gasteiger partial charge is 1.00 e. The van der Waals surface area contributed by atoms with E-state index in [0.717, 1.165) is 59.6 Å². The van der Waals surface area contributed by atoms with E-state index in [-0.39, 0.29) is 29.6 Å². The summed E-state index contributed by atoms with van der Waals surface area (Å²) in [6, 6.07) is 1.37. The van der Waals surface area contributed by atoms with Crippen LogP contribution >= 0.6 is 0 Å². The number of rotatable bonds is 5. The molecule has 0 bridgehead atoms. The van der Waals surface area contributed by atoms with E-state index in [4.69, 9.17) is 4.74 Å². The van der Waals surface area contributed by atoms with Gasteiger partial charge < -0.3 is 14.8 Å². The van der Waals surface area contributed by atoms with Crippen molar-refractivity contribution in [3.8, 4) is 0 Å². The third kappa shape index (κ3) is 5.00. The van der Waals surface area contributed by atoms with Gasteiger partial charge in [-0.3, -0.25) is 14.4 Å². The van der Waals surface area contributed by atoms with Crippen molar-refractivity contribution in [1.29, 1.82) is 0 Å². The predicted molar refractivity (Wildman–Crippen MR) is 125 cm³/mol. The van der Waals surface area contributed by atoms with Crippen LogP contribution in [0.15, 0.2) is 18.5 Å². The zero-order chi connectivity index (χ0) is 23.2. The average Bonchev–Trinajstić information content (AvgIpc) is 3.48. The fourth-order valence-corrected chi connectivity index (χ4v) is 6.24. The number of nitrogens with zero attached hydrogens (tertiary/aromatic N) is 5. The minimum atomic E-state index is -4.39. The Morgan fingerprint density at radius 2 is 1.85 bits per heavy atom. The third-order valence-corrected chi connectivity index (χ3v) is 7.95. The SMILES string of the molecule is CN1CCOC(N(c2cnn(C)c2)S(=O)(=O)[N-]C(=O)Nc2c3c(cc4c2CCC4)CCC3)C1.[Na+]. The molecule has 1 unspecified atom stereocenters. The number of benzene rings is 1. The van der Waals surface area contributed by atoms with E-state index in [9.17, 15) is 13.2 Å². The summed E-state index contributed by atoms with van der Waals surface area (Å²) < 4.78 is 38.7. The fourth-order valence-electron chi connectivity index (χ4n) is 5.11. The van der Waals surface area contributed by atoms with Crippen LogP contribution in [-0.2, 0) is 47.7 Å². The number of carbonyl (C=O) groups excluding carboxylic acids is 1. The van der Waals surface area contributed by atoms with Crippen LogP contribution in [0.25, 0.3) is 4.72 Å². The van der Waals surface area contributed by atoms with Gasteiger partial charge in [-0.1, -0.05) is 6.07 Å². The molecule has 5 rings (SSSR count). The molecule has 12 heteroatoms. The summed E-state index contributed by atoms with van der Waals surface area (Å²) in [4.78, 5) is 14.9. The Morgan fingerprint density at radius 3 is 2.44 bits per heavy atom. The van der Waals surface area contributed by atoms with Gasteiger partial charge in [-0.25, -0.2) is 12.7 Å². The maximum absolute atomic E-state index is 13.4. The Hall–Kier alpha value is -1.63. The minimum Gasteiger partial charge on any atom is -0.423 e. The number of morpholine rings is 1. The molecule has 1 saturated heterocycles.